The number of aliphatic hydroxyl groups excluding tert-OH is 1. The molecule has 0 spiro atoms. The van der Waals surface area contributed by atoms with Crippen molar-refractivity contribution in [3.8, 4) is 0 Å². The van der Waals surface area contributed by atoms with Crippen molar-refractivity contribution in [1.29, 1.82) is 0 Å². The van der Waals surface area contributed by atoms with Gasteiger partial charge in [0.1, 0.15) is 11.7 Å². The Labute approximate surface area is 122 Å². The number of pyridine rings is 1. The number of β-amino-alcohol motifs (C(OH)–C–C–N with tert-alkyl or cyclic N) is 2. The molecule has 0 radical (unpaired) electrons. The molecule has 1 fully saturated rings. The number of aromatic nitrogens is 1. The number of carbonyl (C=O) groups excluding carboxylic acids is 2. The number of hydrogen-bond donors (Lipinski definition) is 3. The Morgan fingerprint density at radius 2 is 2.29 bits per heavy atom. The molecular formula is C14H19N3O4. The van der Waals surface area contributed by atoms with E-state index in [4.69, 9.17) is 0 Å². The highest BCUT2D eigenvalue weighted by atomic mass is 16.3. The molecule has 1 aromatic rings. The number of carbonyl (C=O) groups is 2. The van der Waals surface area contributed by atoms with Gasteiger partial charge in [0.05, 0.1) is 18.7 Å². The predicted molar refractivity (Wildman–Crippen MR) is 74.5 cm³/mol. The van der Waals surface area contributed by atoms with Crippen LogP contribution in [-0.4, -0.2) is 63.3 Å². The van der Waals surface area contributed by atoms with Crippen molar-refractivity contribution in [1.82, 2.24) is 15.2 Å². The van der Waals surface area contributed by atoms with Gasteiger partial charge in [0.25, 0.3) is 5.91 Å². The van der Waals surface area contributed by atoms with Crippen molar-refractivity contribution in [3.05, 3.63) is 29.6 Å². The summed E-state index contributed by atoms with van der Waals surface area (Å²) in [6.07, 6.45) is 0.489. The third-order valence-corrected chi connectivity index (χ3v) is 3.65. The molecule has 21 heavy (non-hydrogen) atoms. The molecule has 7 nitrogen and oxygen atoms in total. The van der Waals surface area contributed by atoms with Crippen molar-refractivity contribution in [2.45, 2.75) is 25.6 Å². The SMILES string of the molecule is CC(=O)NC[C@]1(O)CN(C(=O)c2cccnc2C)C[C@H]1O. The van der Waals surface area contributed by atoms with Gasteiger partial charge in [-0.25, -0.2) is 0 Å². The van der Waals surface area contributed by atoms with Crippen LogP contribution in [0, 0.1) is 6.92 Å². The van der Waals surface area contributed by atoms with Crippen LogP contribution in [-0.2, 0) is 4.79 Å². The molecule has 2 atom stereocenters. The maximum Gasteiger partial charge on any atom is 0.255 e. The Morgan fingerprint density at radius 1 is 1.57 bits per heavy atom. The summed E-state index contributed by atoms with van der Waals surface area (Å²) < 4.78 is 0. The summed E-state index contributed by atoms with van der Waals surface area (Å²) in [6.45, 7) is 2.93. The first kappa shape index (κ1) is 15.4. The summed E-state index contributed by atoms with van der Waals surface area (Å²) in [4.78, 5) is 28.8. The molecular weight excluding hydrogens is 274 g/mol. The van der Waals surface area contributed by atoms with E-state index >= 15 is 0 Å². The summed E-state index contributed by atoms with van der Waals surface area (Å²) in [6, 6.07) is 3.32. The number of amides is 2. The van der Waals surface area contributed by atoms with Crippen molar-refractivity contribution >= 4 is 11.8 Å². The fourth-order valence-electron chi connectivity index (χ4n) is 2.37. The highest BCUT2D eigenvalue weighted by Gasteiger charge is 2.46. The normalized spacial score (nSPS) is 25.0. The Balaban J connectivity index is 2.12. The van der Waals surface area contributed by atoms with Gasteiger partial charge in [-0.05, 0) is 19.1 Å². The van der Waals surface area contributed by atoms with Crippen LogP contribution in [0.3, 0.4) is 0 Å². The van der Waals surface area contributed by atoms with E-state index < -0.39 is 11.7 Å². The lowest BCUT2D eigenvalue weighted by Crippen LogP contribution is -2.51. The van der Waals surface area contributed by atoms with Gasteiger partial charge in [0, 0.05) is 25.4 Å². The molecule has 0 aromatic carbocycles. The van der Waals surface area contributed by atoms with Crippen molar-refractivity contribution in [3.63, 3.8) is 0 Å². The summed E-state index contributed by atoms with van der Waals surface area (Å²) in [7, 11) is 0. The maximum atomic E-state index is 12.4. The Morgan fingerprint density at radius 3 is 2.90 bits per heavy atom. The summed E-state index contributed by atoms with van der Waals surface area (Å²) in [5.74, 6) is -0.595. The van der Waals surface area contributed by atoms with Crippen molar-refractivity contribution in [2.24, 2.45) is 0 Å². The molecule has 1 saturated heterocycles. The molecule has 0 saturated carbocycles. The van der Waals surface area contributed by atoms with Crippen LogP contribution in [0.1, 0.15) is 23.0 Å². The quantitative estimate of drug-likeness (QED) is 0.668. The third-order valence-electron chi connectivity index (χ3n) is 3.65. The first-order valence-corrected chi connectivity index (χ1v) is 6.69. The number of likely N-dealkylation sites (tertiary alicyclic amines) is 1. The first-order valence-electron chi connectivity index (χ1n) is 6.69. The number of nitrogens with one attached hydrogen (secondary N) is 1. The maximum absolute atomic E-state index is 12.4. The van der Waals surface area contributed by atoms with Crippen LogP contribution in [0.2, 0.25) is 0 Å². The lowest BCUT2D eigenvalue weighted by atomic mass is 10.0. The molecule has 114 valence electrons. The van der Waals surface area contributed by atoms with Gasteiger partial charge < -0.3 is 20.4 Å². The molecule has 2 rings (SSSR count). The van der Waals surface area contributed by atoms with Gasteiger partial charge in [-0.1, -0.05) is 0 Å². The molecule has 0 bridgehead atoms. The minimum atomic E-state index is -1.53. The van der Waals surface area contributed by atoms with Gasteiger partial charge in [0.15, 0.2) is 0 Å². The van der Waals surface area contributed by atoms with E-state index in [1.807, 2.05) is 0 Å². The summed E-state index contributed by atoms with van der Waals surface area (Å²) >= 11 is 0. The molecule has 2 heterocycles. The average molecular weight is 293 g/mol. The van der Waals surface area contributed by atoms with E-state index in [-0.39, 0.29) is 31.4 Å². The molecule has 3 N–H and O–H groups in total. The molecule has 2 amide bonds. The van der Waals surface area contributed by atoms with Gasteiger partial charge >= 0.3 is 0 Å². The lowest BCUT2D eigenvalue weighted by Gasteiger charge is -2.25. The van der Waals surface area contributed by atoms with Crippen LogP contribution in [0.4, 0.5) is 0 Å². The third kappa shape index (κ3) is 3.20. The van der Waals surface area contributed by atoms with Crippen LogP contribution >= 0.6 is 0 Å². The van der Waals surface area contributed by atoms with Gasteiger partial charge in [-0.3, -0.25) is 14.6 Å². The molecule has 7 heteroatoms. The van der Waals surface area contributed by atoms with E-state index in [0.717, 1.165) is 0 Å². The van der Waals surface area contributed by atoms with E-state index in [0.29, 0.717) is 11.3 Å². The van der Waals surface area contributed by atoms with E-state index in [2.05, 4.69) is 10.3 Å². The fraction of sp³-hybridized carbons (Fsp3) is 0.500. The fourth-order valence-corrected chi connectivity index (χ4v) is 2.37. The second-order valence-corrected chi connectivity index (χ2v) is 5.35. The van der Waals surface area contributed by atoms with E-state index in [9.17, 15) is 19.8 Å². The number of aliphatic hydroxyl groups is 2. The van der Waals surface area contributed by atoms with Gasteiger partial charge in [0.2, 0.25) is 5.91 Å². The summed E-state index contributed by atoms with van der Waals surface area (Å²) in [5.41, 5.74) is -0.500. The number of nitrogens with zero attached hydrogens (tertiary/aromatic N) is 2. The summed E-state index contributed by atoms with van der Waals surface area (Å²) in [5, 5.41) is 22.8. The second kappa shape index (κ2) is 5.79. The van der Waals surface area contributed by atoms with E-state index in [1.165, 1.54) is 11.8 Å². The zero-order valence-electron chi connectivity index (χ0n) is 12.0. The largest absolute Gasteiger partial charge is 0.388 e. The van der Waals surface area contributed by atoms with Gasteiger partial charge in [-0.15, -0.1) is 0 Å². The molecule has 1 aromatic heterocycles. The van der Waals surface area contributed by atoms with E-state index in [1.54, 1.807) is 25.3 Å². The monoisotopic (exact) mass is 293 g/mol. The van der Waals surface area contributed by atoms with Gasteiger partial charge in [-0.2, -0.15) is 0 Å². The highest BCUT2D eigenvalue weighted by molar-refractivity contribution is 5.95. The number of hydrogen-bond acceptors (Lipinski definition) is 5. The lowest BCUT2D eigenvalue weighted by molar-refractivity contribution is -0.121. The minimum absolute atomic E-state index is 0.0171. The Bertz CT molecular complexity index is 563. The van der Waals surface area contributed by atoms with Crippen LogP contribution in [0.25, 0.3) is 0 Å². The molecule has 1 aliphatic heterocycles. The topological polar surface area (TPSA) is 103 Å². The standard InChI is InChI=1S/C14H19N3O4/c1-9-11(4-3-5-15-9)13(20)17-6-12(19)14(21,8-17)7-16-10(2)18/h3-5,12,19,21H,6-8H2,1-2H3,(H,16,18)/t12-,14+/m1/s1. The molecule has 0 unspecified atom stereocenters. The predicted octanol–water partition coefficient (Wildman–Crippen LogP) is -0.926. The zero-order valence-corrected chi connectivity index (χ0v) is 12.0. The van der Waals surface area contributed by atoms with Crippen LogP contribution in [0.15, 0.2) is 18.3 Å². The second-order valence-electron chi connectivity index (χ2n) is 5.35. The van der Waals surface area contributed by atoms with Crippen molar-refractivity contribution in [2.75, 3.05) is 19.6 Å². The average Bonchev–Trinajstić information content (AvgIpc) is 2.73. The highest BCUT2D eigenvalue weighted by Crippen LogP contribution is 2.23. The van der Waals surface area contributed by atoms with Crippen molar-refractivity contribution < 1.29 is 19.8 Å². The zero-order chi connectivity index (χ0) is 15.6. The smallest absolute Gasteiger partial charge is 0.255 e. The van der Waals surface area contributed by atoms with Crippen LogP contribution < -0.4 is 5.32 Å². The first-order chi connectivity index (χ1) is 9.83. The Kier molecular flexibility index (Phi) is 4.24. The molecule has 0 aliphatic carbocycles. The van der Waals surface area contributed by atoms with Crippen LogP contribution in [0.5, 0.6) is 0 Å². The number of rotatable bonds is 3. The Hall–Kier alpha value is -1.99. The minimum Gasteiger partial charge on any atom is -0.388 e. The molecule has 1 aliphatic rings. The number of aryl methyl sites for hydroxylation is 1.